The molecule has 0 spiro atoms. The number of urea groups is 1. The van der Waals surface area contributed by atoms with E-state index in [2.05, 4.69) is 5.10 Å². The largest absolute Gasteiger partial charge is 0.352 e. The predicted octanol–water partition coefficient (Wildman–Crippen LogP) is 2.49. The smallest absolute Gasteiger partial charge is 0.283 e. The Balaban J connectivity index is 1.80. The molecule has 0 N–H and O–H groups in total. The highest BCUT2D eigenvalue weighted by atomic mass is 16.2. The van der Waals surface area contributed by atoms with Gasteiger partial charge in [-0.2, -0.15) is 5.10 Å². The minimum atomic E-state index is -0.432. The number of carbonyl (C=O) groups is 2. The molecule has 5 nitrogen and oxygen atoms in total. The molecule has 3 rings (SSSR count). The van der Waals surface area contributed by atoms with Gasteiger partial charge in [0.25, 0.3) is 5.91 Å². The van der Waals surface area contributed by atoms with Crippen molar-refractivity contribution in [2.45, 2.75) is 0 Å². The van der Waals surface area contributed by atoms with Gasteiger partial charge in [0.15, 0.2) is 0 Å². The number of amides is 3. The van der Waals surface area contributed by atoms with Gasteiger partial charge in [-0.15, -0.1) is 5.01 Å². The van der Waals surface area contributed by atoms with E-state index in [0.29, 0.717) is 5.69 Å². The molecule has 0 aliphatic carbocycles. The first-order chi connectivity index (χ1) is 10.3. The Morgan fingerprint density at radius 3 is 2.19 bits per heavy atom. The highest BCUT2D eigenvalue weighted by Crippen LogP contribution is 2.20. The third-order valence-electron chi connectivity index (χ3n) is 3.13. The van der Waals surface area contributed by atoms with Crippen LogP contribution >= 0.6 is 0 Å². The number of para-hydroxylation sites is 1. The first kappa shape index (κ1) is 13.1. The molecule has 1 aliphatic heterocycles. The lowest BCUT2D eigenvalue weighted by molar-refractivity contribution is -0.124. The number of nitrogens with zero attached hydrogens (tertiary/aromatic N) is 3. The van der Waals surface area contributed by atoms with Gasteiger partial charge in [0.05, 0.1) is 6.21 Å². The number of imide groups is 1. The van der Waals surface area contributed by atoms with Crippen molar-refractivity contribution in [2.75, 3.05) is 11.4 Å². The van der Waals surface area contributed by atoms with E-state index in [1.807, 2.05) is 48.5 Å². The van der Waals surface area contributed by atoms with Gasteiger partial charge in [-0.25, -0.2) is 4.79 Å². The summed E-state index contributed by atoms with van der Waals surface area (Å²) in [7, 11) is 0. The molecule has 0 aromatic heterocycles. The summed E-state index contributed by atoms with van der Waals surface area (Å²) in [5, 5.41) is 4.90. The maximum atomic E-state index is 12.3. The van der Waals surface area contributed by atoms with Crippen LogP contribution in [0, 0.1) is 0 Å². The summed E-state index contributed by atoms with van der Waals surface area (Å²) in [6.45, 7) is 0.00891. The average Bonchev–Trinajstić information content (AvgIpc) is 2.82. The highest BCUT2D eigenvalue weighted by Gasteiger charge is 2.36. The lowest BCUT2D eigenvalue weighted by Crippen LogP contribution is -2.29. The second-order valence-electron chi connectivity index (χ2n) is 4.57. The second-order valence-corrected chi connectivity index (χ2v) is 4.57. The molecule has 0 bridgehead atoms. The highest BCUT2D eigenvalue weighted by molar-refractivity contribution is 6.12. The molecule has 0 saturated carbocycles. The molecular weight excluding hydrogens is 266 g/mol. The number of rotatable bonds is 3. The van der Waals surface area contributed by atoms with Crippen molar-refractivity contribution < 1.29 is 9.59 Å². The topological polar surface area (TPSA) is 53.0 Å². The van der Waals surface area contributed by atoms with Gasteiger partial charge in [0.1, 0.15) is 6.54 Å². The zero-order valence-corrected chi connectivity index (χ0v) is 11.2. The van der Waals surface area contributed by atoms with Crippen LogP contribution in [0.1, 0.15) is 5.56 Å². The molecule has 1 saturated heterocycles. The fourth-order valence-electron chi connectivity index (χ4n) is 2.08. The van der Waals surface area contributed by atoms with Crippen molar-refractivity contribution in [1.82, 2.24) is 5.01 Å². The van der Waals surface area contributed by atoms with E-state index in [9.17, 15) is 9.59 Å². The Hall–Kier alpha value is -2.95. The summed E-state index contributed by atoms with van der Waals surface area (Å²) in [5.74, 6) is -0.337. The molecule has 5 heteroatoms. The molecular formula is C16H13N3O2. The quantitative estimate of drug-likeness (QED) is 0.640. The first-order valence-corrected chi connectivity index (χ1v) is 6.54. The van der Waals surface area contributed by atoms with Crippen molar-refractivity contribution in [3.05, 3.63) is 66.2 Å². The zero-order valence-electron chi connectivity index (χ0n) is 11.2. The average molecular weight is 279 g/mol. The number of benzene rings is 2. The van der Waals surface area contributed by atoms with E-state index >= 15 is 0 Å². The summed E-state index contributed by atoms with van der Waals surface area (Å²) in [4.78, 5) is 25.6. The van der Waals surface area contributed by atoms with Gasteiger partial charge < -0.3 is 0 Å². The van der Waals surface area contributed by atoms with E-state index in [1.165, 1.54) is 11.1 Å². The van der Waals surface area contributed by atoms with Crippen molar-refractivity contribution in [2.24, 2.45) is 5.10 Å². The standard InChI is InChI=1S/C16H13N3O2/c20-15-12-18(14-9-5-2-6-10-14)16(21)19(15)17-11-13-7-3-1-4-8-13/h1-11H,12H2/b17-11-. The SMILES string of the molecule is O=C1CN(c2ccccc2)C(=O)N1/N=C\c1ccccc1. The third kappa shape index (κ3) is 2.67. The molecule has 0 atom stereocenters. The van der Waals surface area contributed by atoms with E-state index in [-0.39, 0.29) is 12.5 Å². The van der Waals surface area contributed by atoms with Gasteiger partial charge in [-0.05, 0) is 17.7 Å². The van der Waals surface area contributed by atoms with E-state index in [4.69, 9.17) is 0 Å². The van der Waals surface area contributed by atoms with Crippen LogP contribution in [0.15, 0.2) is 65.8 Å². The Morgan fingerprint density at radius 1 is 0.905 bits per heavy atom. The Labute approximate surface area is 122 Å². The molecule has 2 aromatic carbocycles. The van der Waals surface area contributed by atoms with Crippen molar-refractivity contribution in [3.8, 4) is 0 Å². The van der Waals surface area contributed by atoms with E-state index < -0.39 is 6.03 Å². The molecule has 104 valence electrons. The monoisotopic (exact) mass is 279 g/mol. The van der Waals surface area contributed by atoms with Crippen molar-refractivity contribution in [3.63, 3.8) is 0 Å². The Kier molecular flexibility index (Phi) is 3.47. The summed E-state index contributed by atoms with van der Waals surface area (Å²) >= 11 is 0. The van der Waals surface area contributed by atoms with Gasteiger partial charge >= 0.3 is 6.03 Å². The molecule has 1 fully saturated rings. The lowest BCUT2D eigenvalue weighted by atomic mass is 10.2. The fraction of sp³-hybridized carbons (Fsp3) is 0.0625. The summed E-state index contributed by atoms with van der Waals surface area (Å²) < 4.78 is 0. The summed E-state index contributed by atoms with van der Waals surface area (Å²) in [5.41, 5.74) is 1.52. The Morgan fingerprint density at radius 2 is 1.52 bits per heavy atom. The summed E-state index contributed by atoms with van der Waals surface area (Å²) in [6.07, 6.45) is 1.50. The summed E-state index contributed by atoms with van der Waals surface area (Å²) in [6, 6.07) is 18.0. The van der Waals surface area contributed by atoms with Gasteiger partial charge in [0, 0.05) is 5.69 Å². The zero-order chi connectivity index (χ0) is 14.7. The maximum absolute atomic E-state index is 12.3. The van der Waals surface area contributed by atoms with Gasteiger partial charge in [-0.1, -0.05) is 48.5 Å². The normalized spacial score (nSPS) is 15.2. The van der Waals surface area contributed by atoms with E-state index in [1.54, 1.807) is 12.1 Å². The number of hydrogen-bond acceptors (Lipinski definition) is 3. The third-order valence-corrected chi connectivity index (χ3v) is 3.13. The second kappa shape index (κ2) is 5.58. The number of anilines is 1. The molecule has 1 heterocycles. The fourth-order valence-corrected chi connectivity index (χ4v) is 2.08. The van der Waals surface area contributed by atoms with Crippen LogP contribution in [-0.2, 0) is 4.79 Å². The molecule has 1 aliphatic rings. The van der Waals surface area contributed by atoms with Crippen LogP contribution in [0.25, 0.3) is 0 Å². The molecule has 21 heavy (non-hydrogen) atoms. The lowest BCUT2D eigenvalue weighted by Gasteiger charge is -2.13. The molecule has 3 amide bonds. The predicted molar refractivity (Wildman–Crippen MR) is 80.1 cm³/mol. The minimum absolute atomic E-state index is 0.00891. The molecule has 2 aromatic rings. The van der Waals surface area contributed by atoms with Crippen molar-refractivity contribution in [1.29, 1.82) is 0 Å². The van der Waals surface area contributed by atoms with Crippen molar-refractivity contribution >= 4 is 23.8 Å². The first-order valence-electron chi connectivity index (χ1n) is 6.54. The van der Waals surface area contributed by atoms with Crippen LogP contribution in [-0.4, -0.2) is 29.7 Å². The van der Waals surface area contributed by atoms with Gasteiger partial charge in [0.2, 0.25) is 0 Å². The number of carbonyl (C=O) groups excluding carboxylic acids is 2. The van der Waals surface area contributed by atoms with Crippen LogP contribution in [0.4, 0.5) is 10.5 Å². The van der Waals surface area contributed by atoms with Gasteiger partial charge in [-0.3, -0.25) is 9.69 Å². The Bertz CT molecular complexity index is 683. The molecule has 0 unspecified atom stereocenters. The van der Waals surface area contributed by atoms with Crippen LogP contribution < -0.4 is 4.90 Å². The minimum Gasteiger partial charge on any atom is -0.283 e. The van der Waals surface area contributed by atoms with E-state index in [0.717, 1.165) is 10.6 Å². The van der Waals surface area contributed by atoms with Crippen LogP contribution in [0.3, 0.4) is 0 Å². The molecule has 0 radical (unpaired) electrons. The van der Waals surface area contributed by atoms with Crippen LogP contribution in [0.5, 0.6) is 0 Å². The number of hydrazone groups is 1. The number of hydrogen-bond donors (Lipinski definition) is 0. The maximum Gasteiger partial charge on any atom is 0.352 e. The van der Waals surface area contributed by atoms with Crippen LogP contribution in [0.2, 0.25) is 0 Å².